The highest BCUT2D eigenvalue weighted by Gasteiger charge is 2.19. The van der Waals surface area contributed by atoms with Crippen LogP contribution in [0, 0.1) is 17.0 Å². The smallest absolute Gasteiger partial charge is 0.269 e. The van der Waals surface area contributed by atoms with E-state index in [0.717, 1.165) is 32.0 Å². The Kier molecular flexibility index (Phi) is 5.59. The number of nitro groups is 1. The molecule has 7 nitrogen and oxygen atoms in total. The number of nitrogens with one attached hydrogen (secondary N) is 1. The van der Waals surface area contributed by atoms with Gasteiger partial charge in [0.15, 0.2) is 0 Å². The average Bonchev–Trinajstić information content (AvgIpc) is 3.38. The number of rotatable bonds is 7. The van der Waals surface area contributed by atoms with Crippen molar-refractivity contribution in [2.24, 2.45) is 0 Å². The molecule has 0 aliphatic heterocycles. The van der Waals surface area contributed by atoms with Crippen molar-refractivity contribution in [2.75, 3.05) is 5.32 Å². The maximum absolute atomic E-state index is 10.9. The third-order valence-corrected chi connectivity index (χ3v) is 5.99. The van der Waals surface area contributed by atoms with Crippen LogP contribution in [0.1, 0.15) is 22.3 Å². The molecule has 0 aliphatic rings. The fraction of sp³-hybridized carbons (Fsp3) is 0.150. The molecule has 4 rings (SSSR count). The topological polar surface area (TPSA) is 93.8 Å². The van der Waals surface area contributed by atoms with Gasteiger partial charge in [0.05, 0.1) is 16.7 Å². The van der Waals surface area contributed by atoms with Crippen LogP contribution in [0.3, 0.4) is 0 Å². The van der Waals surface area contributed by atoms with Gasteiger partial charge >= 0.3 is 0 Å². The Bertz CT molecular complexity index is 1110. The maximum atomic E-state index is 10.9. The molecule has 2 aromatic carbocycles. The number of non-ortho nitro benzene ring substituents is 1. The predicted molar refractivity (Wildman–Crippen MR) is 115 cm³/mol. The first kappa shape index (κ1) is 19.2. The molecule has 1 atom stereocenters. The molecule has 0 saturated carbocycles. The summed E-state index contributed by atoms with van der Waals surface area (Å²) in [6.07, 6.45) is 0.620. The van der Waals surface area contributed by atoms with Gasteiger partial charge in [-0.25, -0.2) is 4.98 Å². The molecule has 4 aromatic rings. The lowest BCUT2D eigenvalue weighted by molar-refractivity contribution is -0.384. The average molecular weight is 424 g/mol. The van der Waals surface area contributed by atoms with Crippen LogP contribution in [-0.2, 0) is 6.42 Å². The lowest BCUT2D eigenvalue weighted by Crippen LogP contribution is -2.14. The lowest BCUT2D eigenvalue weighted by Gasteiger charge is -2.16. The molecule has 146 valence electrons. The van der Waals surface area contributed by atoms with Crippen molar-refractivity contribution in [3.05, 3.63) is 86.4 Å². The highest BCUT2D eigenvalue weighted by Crippen LogP contribution is 2.30. The second-order valence-corrected chi connectivity index (χ2v) is 8.43. The third-order valence-electron chi connectivity index (χ3n) is 4.31. The Labute approximate surface area is 175 Å². The fourth-order valence-corrected chi connectivity index (χ4v) is 4.41. The molecule has 0 spiro atoms. The summed E-state index contributed by atoms with van der Waals surface area (Å²) in [5, 5.41) is 27.2. The molecule has 0 bridgehead atoms. The summed E-state index contributed by atoms with van der Waals surface area (Å²) in [5.74, 6) is 0. The predicted octanol–water partition coefficient (Wildman–Crippen LogP) is 5.27. The van der Waals surface area contributed by atoms with Gasteiger partial charge in [0, 0.05) is 23.1 Å². The second kappa shape index (κ2) is 8.46. The molecule has 0 aliphatic carbocycles. The van der Waals surface area contributed by atoms with Crippen molar-refractivity contribution in [3.8, 4) is 10.6 Å². The van der Waals surface area contributed by atoms with Gasteiger partial charge in [-0.05, 0) is 18.9 Å². The molecule has 9 heteroatoms. The summed E-state index contributed by atoms with van der Waals surface area (Å²) in [6, 6.07) is 16.5. The number of nitro benzene ring substituents is 1. The number of benzene rings is 2. The molecular formula is C20H17N5O2S2. The number of thiazole rings is 1. The van der Waals surface area contributed by atoms with Gasteiger partial charge in [-0.15, -0.1) is 21.5 Å². The molecule has 0 radical (unpaired) electrons. The van der Waals surface area contributed by atoms with Crippen molar-refractivity contribution in [1.82, 2.24) is 15.2 Å². The van der Waals surface area contributed by atoms with Gasteiger partial charge < -0.3 is 5.32 Å². The Balaban J connectivity index is 1.61. The number of hydrogen-bond donors (Lipinski definition) is 1. The van der Waals surface area contributed by atoms with E-state index in [-0.39, 0.29) is 11.7 Å². The Hall–Kier alpha value is -3.17. The van der Waals surface area contributed by atoms with E-state index in [1.807, 2.05) is 42.6 Å². The highest BCUT2D eigenvalue weighted by molar-refractivity contribution is 7.15. The van der Waals surface area contributed by atoms with Crippen molar-refractivity contribution < 1.29 is 4.92 Å². The largest absolute Gasteiger partial charge is 0.351 e. The lowest BCUT2D eigenvalue weighted by atomic mass is 10.0. The number of nitrogens with zero attached hydrogens (tertiary/aromatic N) is 4. The van der Waals surface area contributed by atoms with Crippen LogP contribution in [0.2, 0.25) is 0 Å². The van der Waals surface area contributed by atoms with E-state index in [4.69, 9.17) is 4.98 Å². The zero-order valence-corrected chi connectivity index (χ0v) is 17.1. The first-order valence-electron chi connectivity index (χ1n) is 8.89. The zero-order valence-electron chi connectivity index (χ0n) is 15.5. The number of aromatic nitrogens is 3. The summed E-state index contributed by atoms with van der Waals surface area (Å²) < 4.78 is 0. The van der Waals surface area contributed by atoms with Crippen LogP contribution < -0.4 is 5.32 Å². The van der Waals surface area contributed by atoms with E-state index < -0.39 is 4.92 Å². The summed E-state index contributed by atoms with van der Waals surface area (Å²) in [4.78, 5) is 15.3. The Morgan fingerprint density at radius 2 is 1.86 bits per heavy atom. The van der Waals surface area contributed by atoms with E-state index in [9.17, 15) is 10.1 Å². The minimum atomic E-state index is -0.393. The standard InChI is InChI=1S/C20H17N5O2S2/c1-13-23-24-20(29-13)22-17(11-14-7-9-16(10-8-14)25(26)27)18-12-28-19(21-18)15-5-3-2-4-6-15/h2-10,12,17H,11H2,1H3,(H,22,24). The van der Waals surface area contributed by atoms with Crippen LogP contribution >= 0.6 is 22.7 Å². The van der Waals surface area contributed by atoms with Gasteiger partial charge in [0.2, 0.25) is 5.13 Å². The van der Waals surface area contributed by atoms with Gasteiger partial charge in [-0.3, -0.25) is 10.1 Å². The van der Waals surface area contributed by atoms with Crippen LogP contribution in [0.5, 0.6) is 0 Å². The summed E-state index contributed by atoms with van der Waals surface area (Å²) in [7, 11) is 0. The van der Waals surface area contributed by atoms with Gasteiger partial charge in [-0.1, -0.05) is 53.8 Å². The van der Waals surface area contributed by atoms with Gasteiger partial charge in [0.25, 0.3) is 5.69 Å². The van der Waals surface area contributed by atoms with E-state index in [0.29, 0.717) is 6.42 Å². The van der Waals surface area contributed by atoms with Crippen LogP contribution in [-0.4, -0.2) is 20.1 Å². The van der Waals surface area contributed by atoms with Crippen molar-refractivity contribution in [2.45, 2.75) is 19.4 Å². The van der Waals surface area contributed by atoms with Crippen LogP contribution in [0.4, 0.5) is 10.8 Å². The Morgan fingerprint density at radius 3 is 2.52 bits per heavy atom. The van der Waals surface area contributed by atoms with Crippen LogP contribution in [0.15, 0.2) is 60.0 Å². The van der Waals surface area contributed by atoms with Gasteiger partial charge in [-0.2, -0.15) is 0 Å². The second-order valence-electron chi connectivity index (χ2n) is 6.39. The minimum Gasteiger partial charge on any atom is -0.351 e. The third kappa shape index (κ3) is 4.64. The highest BCUT2D eigenvalue weighted by atomic mass is 32.1. The Morgan fingerprint density at radius 1 is 1.10 bits per heavy atom. The molecule has 2 aromatic heterocycles. The summed E-state index contributed by atoms with van der Waals surface area (Å²) in [5.41, 5.74) is 3.03. The normalized spacial score (nSPS) is 11.9. The first-order chi connectivity index (χ1) is 14.1. The first-order valence-corrected chi connectivity index (χ1v) is 10.6. The molecule has 1 unspecified atom stereocenters. The quantitative estimate of drug-likeness (QED) is 0.321. The van der Waals surface area contributed by atoms with E-state index >= 15 is 0 Å². The molecule has 0 amide bonds. The summed E-state index contributed by atoms with van der Waals surface area (Å²) in [6.45, 7) is 1.91. The van der Waals surface area contributed by atoms with Crippen molar-refractivity contribution >= 4 is 33.5 Å². The molecular weight excluding hydrogens is 406 g/mol. The number of aryl methyl sites for hydroxylation is 1. The van der Waals surface area contributed by atoms with Gasteiger partial charge in [0.1, 0.15) is 10.0 Å². The number of hydrogen-bond acceptors (Lipinski definition) is 8. The maximum Gasteiger partial charge on any atom is 0.269 e. The minimum absolute atomic E-state index is 0.0815. The van der Waals surface area contributed by atoms with E-state index in [1.54, 1.807) is 23.5 Å². The molecule has 2 heterocycles. The van der Waals surface area contributed by atoms with Crippen molar-refractivity contribution in [1.29, 1.82) is 0 Å². The molecule has 0 fully saturated rings. The van der Waals surface area contributed by atoms with E-state index in [2.05, 4.69) is 15.5 Å². The SMILES string of the molecule is Cc1nnc(NC(Cc2ccc([N+](=O)[O-])cc2)c2csc(-c3ccccc3)n2)s1. The zero-order chi connectivity index (χ0) is 20.2. The summed E-state index contributed by atoms with van der Waals surface area (Å²) >= 11 is 3.07. The molecule has 1 N–H and O–H groups in total. The molecule has 0 saturated heterocycles. The van der Waals surface area contributed by atoms with Crippen molar-refractivity contribution in [3.63, 3.8) is 0 Å². The van der Waals surface area contributed by atoms with E-state index in [1.165, 1.54) is 23.5 Å². The fourth-order valence-electron chi connectivity index (χ4n) is 2.88. The monoisotopic (exact) mass is 423 g/mol. The number of anilines is 1. The molecule has 29 heavy (non-hydrogen) atoms. The van der Waals surface area contributed by atoms with Crippen LogP contribution in [0.25, 0.3) is 10.6 Å².